The Balaban J connectivity index is 1.81. The van der Waals surface area contributed by atoms with Crippen LogP contribution in [0.5, 0.6) is 17.2 Å². The Labute approximate surface area is 145 Å². The van der Waals surface area contributed by atoms with E-state index >= 15 is 0 Å². The van der Waals surface area contributed by atoms with Gasteiger partial charge in [0, 0.05) is 12.6 Å². The number of aromatic hydroxyl groups is 1. The molecular weight excluding hydrogens is 326 g/mol. The standard InChI is InChI=1S/C18H19NO6/c1-23-13-5-3-12(4-6-13)10-19-17(21)11-25-18(22)15-8-7-14(24-2)9-16(15)20/h3-9,20H,10-11H2,1-2H3,(H,19,21). The molecule has 1 amide bonds. The van der Waals surface area contributed by atoms with Crippen molar-refractivity contribution in [2.75, 3.05) is 20.8 Å². The first-order valence-corrected chi connectivity index (χ1v) is 7.47. The lowest BCUT2D eigenvalue weighted by Crippen LogP contribution is -2.28. The zero-order chi connectivity index (χ0) is 18.2. The highest BCUT2D eigenvalue weighted by Gasteiger charge is 2.15. The largest absolute Gasteiger partial charge is 0.507 e. The van der Waals surface area contributed by atoms with E-state index in [1.807, 2.05) is 12.1 Å². The first-order chi connectivity index (χ1) is 12.0. The maximum Gasteiger partial charge on any atom is 0.342 e. The van der Waals surface area contributed by atoms with Gasteiger partial charge in [0.25, 0.3) is 5.91 Å². The SMILES string of the molecule is COc1ccc(CNC(=O)COC(=O)c2ccc(OC)cc2O)cc1. The van der Waals surface area contributed by atoms with Crippen LogP contribution >= 0.6 is 0 Å². The number of hydrogen-bond acceptors (Lipinski definition) is 6. The first-order valence-electron chi connectivity index (χ1n) is 7.47. The van der Waals surface area contributed by atoms with Crippen LogP contribution in [0.15, 0.2) is 42.5 Å². The van der Waals surface area contributed by atoms with Crippen molar-refractivity contribution < 1.29 is 28.9 Å². The molecule has 2 N–H and O–H groups in total. The number of nitrogens with one attached hydrogen (secondary N) is 1. The zero-order valence-electron chi connectivity index (χ0n) is 13.9. The quantitative estimate of drug-likeness (QED) is 0.744. The van der Waals surface area contributed by atoms with E-state index in [-0.39, 0.29) is 11.3 Å². The topological polar surface area (TPSA) is 94.1 Å². The molecule has 0 radical (unpaired) electrons. The van der Waals surface area contributed by atoms with E-state index in [9.17, 15) is 14.7 Å². The van der Waals surface area contributed by atoms with Crippen molar-refractivity contribution in [3.8, 4) is 17.2 Å². The molecule has 25 heavy (non-hydrogen) atoms. The molecule has 0 aromatic heterocycles. The third kappa shape index (κ3) is 5.13. The summed E-state index contributed by atoms with van der Waals surface area (Å²) >= 11 is 0. The number of benzene rings is 2. The molecule has 2 aromatic rings. The number of hydrogen-bond donors (Lipinski definition) is 2. The van der Waals surface area contributed by atoms with Crippen molar-refractivity contribution in [1.29, 1.82) is 0 Å². The van der Waals surface area contributed by atoms with Crippen LogP contribution in [0.2, 0.25) is 0 Å². The van der Waals surface area contributed by atoms with E-state index in [1.165, 1.54) is 25.3 Å². The van der Waals surface area contributed by atoms with Crippen LogP contribution in [0.3, 0.4) is 0 Å². The fourth-order valence-electron chi connectivity index (χ4n) is 2.01. The second kappa shape index (κ2) is 8.58. The van der Waals surface area contributed by atoms with Gasteiger partial charge in [-0.05, 0) is 29.8 Å². The van der Waals surface area contributed by atoms with Gasteiger partial charge < -0.3 is 24.6 Å². The Kier molecular flexibility index (Phi) is 6.22. The third-order valence-corrected chi connectivity index (χ3v) is 3.41. The summed E-state index contributed by atoms with van der Waals surface area (Å²) in [5, 5.41) is 12.4. The van der Waals surface area contributed by atoms with Crippen LogP contribution < -0.4 is 14.8 Å². The van der Waals surface area contributed by atoms with E-state index in [2.05, 4.69) is 5.32 Å². The molecule has 2 rings (SSSR count). The van der Waals surface area contributed by atoms with E-state index in [0.717, 1.165) is 11.3 Å². The molecule has 0 heterocycles. The van der Waals surface area contributed by atoms with Gasteiger partial charge in [-0.2, -0.15) is 0 Å². The Morgan fingerprint density at radius 2 is 1.64 bits per heavy atom. The van der Waals surface area contributed by atoms with Gasteiger partial charge in [0.1, 0.15) is 22.8 Å². The highest BCUT2D eigenvalue weighted by atomic mass is 16.5. The summed E-state index contributed by atoms with van der Waals surface area (Å²) in [5.74, 6) is -0.380. The van der Waals surface area contributed by atoms with E-state index in [4.69, 9.17) is 14.2 Å². The molecule has 0 fully saturated rings. The predicted molar refractivity (Wildman–Crippen MR) is 89.8 cm³/mol. The van der Waals surface area contributed by atoms with E-state index in [0.29, 0.717) is 12.3 Å². The Hall–Kier alpha value is -3.22. The zero-order valence-corrected chi connectivity index (χ0v) is 13.9. The molecular formula is C18H19NO6. The summed E-state index contributed by atoms with van der Waals surface area (Å²) in [7, 11) is 3.02. The van der Waals surface area contributed by atoms with Gasteiger partial charge in [0.15, 0.2) is 6.61 Å². The minimum atomic E-state index is -0.792. The minimum Gasteiger partial charge on any atom is -0.507 e. The molecule has 0 aliphatic rings. The summed E-state index contributed by atoms with van der Waals surface area (Å²) < 4.78 is 14.9. The van der Waals surface area contributed by atoms with Crippen molar-refractivity contribution in [2.45, 2.75) is 6.54 Å². The molecule has 0 saturated carbocycles. The number of esters is 1. The van der Waals surface area contributed by atoms with Gasteiger partial charge in [-0.25, -0.2) is 4.79 Å². The third-order valence-electron chi connectivity index (χ3n) is 3.41. The van der Waals surface area contributed by atoms with Crippen molar-refractivity contribution in [3.05, 3.63) is 53.6 Å². The second-order valence-electron chi connectivity index (χ2n) is 5.08. The van der Waals surface area contributed by atoms with Gasteiger partial charge in [-0.3, -0.25) is 4.79 Å². The highest BCUT2D eigenvalue weighted by Crippen LogP contribution is 2.23. The minimum absolute atomic E-state index is 0.0382. The highest BCUT2D eigenvalue weighted by molar-refractivity contribution is 5.94. The van der Waals surface area contributed by atoms with Crippen LogP contribution in [0, 0.1) is 0 Å². The van der Waals surface area contributed by atoms with Crippen LogP contribution in [0.25, 0.3) is 0 Å². The van der Waals surface area contributed by atoms with Crippen molar-refractivity contribution in [1.82, 2.24) is 5.32 Å². The number of phenolic OH excluding ortho intramolecular Hbond substituents is 1. The van der Waals surface area contributed by atoms with Crippen molar-refractivity contribution >= 4 is 11.9 Å². The average molecular weight is 345 g/mol. The van der Waals surface area contributed by atoms with Gasteiger partial charge >= 0.3 is 5.97 Å². The summed E-state index contributed by atoms with van der Waals surface area (Å²) in [6.07, 6.45) is 0. The summed E-state index contributed by atoms with van der Waals surface area (Å²) in [6.45, 7) is -0.144. The maximum absolute atomic E-state index is 11.9. The Bertz CT molecular complexity index is 742. The van der Waals surface area contributed by atoms with E-state index in [1.54, 1.807) is 19.2 Å². The number of ether oxygens (including phenoxy) is 3. The lowest BCUT2D eigenvalue weighted by Gasteiger charge is -2.09. The number of amides is 1. The second-order valence-corrected chi connectivity index (χ2v) is 5.08. The summed E-state index contributed by atoms with van der Waals surface area (Å²) in [5.41, 5.74) is 0.844. The van der Waals surface area contributed by atoms with Gasteiger partial charge in [-0.1, -0.05) is 12.1 Å². The molecule has 7 nitrogen and oxygen atoms in total. The van der Waals surface area contributed by atoms with Gasteiger partial charge in [-0.15, -0.1) is 0 Å². The molecule has 2 aromatic carbocycles. The Morgan fingerprint density at radius 3 is 2.24 bits per heavy atom. The van der Waals surface area contributed by atoms with Crippen LogP contribution in [-0.4, -0.2) is 37.8 Å². The molecule has 0 saturated heterocycles. The fourth-order valence-corrected chi connectivity index (χ4v) is 2.01. The summed E-state index contributed by atoms with van der Waals surface area (Å²) in [6, 6.07) is 11.4. The van der Waals surface area contributed by atoms with Crippen molar-refractivity contribution in [2.24, 2.45) is 0 Å². The molecule has 0 aliphatic heterocycles. The lowest BCUT2D eigenvalue weighted by atomic mass is 10.2. The fraction of sp³-hybridized carbons (Fsp3) is 0.222. The van der Waals surface area contributed by atoms with Crippen molar-refractivity contribution in [3.63, 3.8) is 0 Å². The molecule has 7 heteroatoms. The number of carbonyl (C=O) groups excluding carboxylic acids is 2. The molecule has 132 valence electrons. The molecule has 0 aliphatic carbocycles. The predicted octanol–water partition coefficient (Wildman–Crippen LogP) is 1.88. The maximum atomic E-state index is 11.9. The van der Waals surface area contributed by atoms with Crippen LogP contribution in [-0.2, 0) is 16.1 Å². The number of carbonyl (C=O) groups is 2. The van der Waals surface area contributed by atoms with Crippen LogP contribution in [0.4, 0.5) is 0 Å². The number of rotatable bonds is 7. The molecule has 0 unspecified atom stereocenters. The van der Waals surface area contributed by atoms with E-state index < -0.39 is 18.5 Å². The normalized spacial score (nSPS) is 10.0. The van der Waals surface area contributed by atoms with Gasteiger partial charge in [0.05, 0.1) is 14.2 Å². The summed E-state index contributed by atoms with van der Waals surface area (Å²) in [4.78, 5) is 23.7. The number of methoxy groups -OCH3 is 2. The number of phenols is 1. The molecule has 0 bridgehead atoms. The molecule has 0 atom stereocenters. The average Bonchev–Trinajstić information content (AvgIpc) is 2.64. The molecule has 0 spiro atoms. The first kappa shape index (κ1) is 18.1. The smallest absolute Gasteiger partial charge is 0.342 e. The Morgan fingerprint density at radius 1 is 1.00 bits per heavy atom. The van der Waals surface area contributed by atoms with Crippen LogP contribution in [0.1, 0.15) is 15.9 Å². The monoisotopic (exact) mass is 345 g/mol. The van der Waals surface area contributed by atoms with Gasteiger partial charge in [0.2, 0.25) is 0 Å². The lowest BCUT2D eigenvalue weighted by molar-refractivity contribution is -0.124.